The maximum absolute atomic E-state index is 12.8. The van der Waals surface area contributed by atoms with E-state index in [1.54, 1.807) is 24.3 Å². The van der Waals surface area contributed by atoms with Crippen LogP contribution in [0.2, 0.25) is 0 Å². The number of carbonyl (C=O) groups is 2. The summed E-state index contributed by atoms with van der Waals surface area (Å²) in [6.45, 7) is 0.115. The molecule has 0 saturated carbocycles. The van der Waals surface area contributed by atoms with Crippen LogP contribution in [-0.4, -0.2) is 52.6 Å². The molecule has 2 aromatic carbocycles. The molecule has 9 nitrogen and oxygen atoms in total. The van der Waals surface area contributed by atoms with Gasteiger partial charge in [0.05, 0.1) is 11.0 Å². The fourth-order valence-electron chi connectivity index (χ4n) is 3.19. The smallest absolute Gasteiger partial charge is 0.326 e. The van der Waals surface area contributed by atoms with Gasteiger partial charge in [0.15, 0.2) is 0 Å². The number of nitrogens with one attached hydrogen (secondary N) is 1. The van der Waals surface area contributed by atoms with E-state index in [4.69, 9.17) is 4.74 Å². The van der Waals surface area contributed by atoms with Gasteiger partial charge < -0.3 is 20.1 Å². The zero-order chi connectivity index (χ0) is 20.3. The molecular formula is C19H19N3O6. The molecule has 2 N–H and O–H groups in total. The van der Waals surface area contributed by atoms with Crippen LogP contribution in [0.3, 0.4) is 0 Å². The quantitative estimate of drug-likeness (QED) is 0.579. The van der Waals surface area contributed by atoms with Gasteiger partial charge in [-0.1, -0.05) is 18.2 Å². The number of anilines is 2. The Bertz CT molecular complexity index is 902. The molecular weight excluding hydrogens is 366 g/mol. The average Bonchev–Trinajstić information content (AvgIpc) is 3.13. The molecule has 1 aliphatic heterocycles. The van der Waals surface area contributed by atoms with Gasteiger partial charge in [0, 0.05) is 37.4 Å². The second-order valence-electron chi connectivity index (χ2n) is 6.39. The molecule has 146 valence electrons. The molecule has 1 aliphatic rings. The number of nitro benzene ring substituents is 1. The first-order chi connectivity index (χ1) is 13.4. The molecule has 2 unspecified atom stereocenters. The van der Waals surface area contributed by atoms with Gasteiger partial charge >= 0.3 is 5.97 Å². The summed E-state index contributed by atoms with van der Waals surface area (Å²) in [5.41, 5.74) is 0.675. The monoisotopic (exact) mass is 385 g/mol. The number of hydrogen-bond acceptors (Lipinski definition) is 6. The first-order valence-corrected chi connectivity index (χ1v) is 8.57. The topological polar surface area (TPSA) is 122 Å². The highest BCUT2D eigenvalue weighted by Gasteiger charge is 2.40. The molecule has 1 amide bonds. The van der Waals surface area contributed by atoms with Crippen LogP contribution in [0, 0.1) is 10.1 Å². The summed E-state index contributed by atoms with van der Waals surface area (Å²) in [5, 5.41) is 23.8. The van der Waals surface area contributed by atoms with Crippen molar-refractivity contribution in [2.45, 2.75) is 18.6 Å². The molecule has 9 heteroatoms. The molecule has 2 atom stereocenters. The van der Waals surface area contributed by atoms with Crippen LogP contribution in [0.1, 0.15) is 16.8 Å². The summed E-state index contributed by atoms with van der Waals surface area (Å²) in [7, 11) is 1.45. The third kappa shape index (κ3) is 3.94. The fourth-order valence-corrected chi connectivity index (χ4v) is 3.19. The molecule has 0 spiro atoms. The number of carbonyl (C=O) groups excluding carboxylic acids is 1. The highest BCUT2D eigenvalue weighted by Crippen LogP contribution is 2.30. The number of benzene rings is 2. The molecule has 1 heterocycles. The number of nitro groups is 1. The molecule has 0 aromatic heterocycles. The SMILES string of the molecule is COC1CC(C(=O)O)N(C(=O)c2ccc(Nc3ccccc3)c([N+](=O)[O-])c2)C1. The number of para-hydroxylation sites is 1. The molecule has 0 bridgehead atoms. The molecule has 1 saturated heterocycles. The predicted molar refractivity (Wildman–Crippen MR) is 101 cm³/mol. The minimum absolute atomic E-state index is 0.0494. The molecule has 28 heavy (non-hydrogen) atoms. The third-order valence-corrected chi connectivity index (χ3v) is 4.64. The summed E-state index contributed by atoms with van der Waals surface area (Å²) < 4.78 is 5.18. The summed E-state index contributed by atoms with van der Waals surface area (Å²) >= 11 is 0. The highest BCUT2D eigenvalue weighted by molar-refractivity contribution is 5.98. The minimum atomic E-state index is -1.13. The van der Waals surface area contributed by atoms with Crippen LogP contribution in [0.5, 0.6) is 0 Å². The van der Waals surface area contributed by atoms with Crippen molar-refractivity contribution < 1.29 is 24.4 Å². The molecule has 1 fully saturated rings. The maximum Gasteiger partial charge on any atom is 0.326 e. The summed E-state index contributed by atoms with van der Waals surface area (Å²) in [6.07, 6.45) is -0.216. The molecule has 0 radical (unpaired) electrons. The number of methoxy groups -OCH3 is 1. The van der Waals surface area contributed by atoms with Crippen molar-refractivity contribution in [3.8, 4) is 0 Å². The zero-order valence-corrected chi connectivity index (χ0v) is 15.1. The van der Waals surface area contributed by atoms with Crippen LogP contribution < -0.4 is 5.32 Å². The van der Waals surface area contributed by atoms with E-state index < -0.39 is 22.8 Å². The van der Waals surface area contributed by atoms with Crippen molar-refractivity contribution in [3.05, 3.63) is 64.2 Å². The van der Waals surface area contributed by atoms with Crippen LogP contribution in [-0.2, 0) is 9.53 Å². The Balaban J connectivity index is 1.90. The molecule has 2 aromatic rings. The predicted octanol–water partition coefficient (Wildman–Crippen LogP) is 2.65. The van der Waals surface area contributed by atoms with Crippen molar-refractivity contribution in [1.29, 1.82) is 0 Å². The Morgan fingerprint density at radius 3 is 2.57 bits per heavy atom. The lowest BCUT2D eigenvalue weighted by atomic mass is 10.1. The normalized spacial score (nSPS) is 18.7. The van der Waals surface area contributed by atoms with Gasteiger partial charge in [-0.3, -0.25) is 14.9 Å². The van der Waals surface area contributed by atoms with Crippen molar-refractivity contribution in [1.82, 2.24) is 4.90 Å². The van der Waals surface area contributed by atoms with E-state index in [0.717, 1.165) is 6.07 Å². The lowest BCUT2D eigenvalue weighted by Crippen LogP contribution is -2.40. The van der Waals surface area contributed by atoms with Crippen LogP contribution in [0.15, 0.2) is 48.5 Å². The first kappa shape index (κ1) is 19.3. The van der Waals surface area contributed by atoms with Gasteiger partial charge in [0.1, 0.15) is 11.7 Å². The number of carboxylic acids is 1. The van der Waals surface area contributed by atoms with Crippen LogP contribution in [0.25, 0.3) is 0 Å². The van der Waals surface area contributed by atoms with E-state index in [-0.39, 0.29) is 36.0 Å². The van der Waals surface area contributed by atoms with Crippen molar-refractivity contribution in [3.63, 3.8) is 0 Å². The van der Waals surface area contributed by atoms with Crippen LogP contribution in [0.4, 0.5) is 17.1 Å². The third-order valence-electron chi connectivity index (χ3n) is 4.64. The van der Waals surface area contributed by atoms with Gasteiger partial charge in [-0.2, -0.15) is 0 Å². The van der Waals surface area contributed by atoms with E-state index in [1.165, 1.54) is 24.1 Å². The number of aliphatic carboxylic acids is 1. The van der Waals surface area contributed by atoms with Gasteiger partial charge in [-0.15, -0.1) is 0 Å². The number of rotatable bonds is 6. The van der Waals surface area contributed by atoms with Gasteiger partial charge in [0.25, 0.3) is 11.6 Å². The largest absolute Gasteiger partial charge is 0.480 e. The number of nitrogens with zero attached hydrogens (tertiary/aromatic N) is 2. The lowest BCUT2D eigenvalue weighted by Gasteiger charge is -2.21. The average molecular weight is 385 g/mol. The minimum Gasteiger partial charge on any atom is -0.480 e. The zero-order valence-electron chi connectivity index (χ0n) is 15.1. The van der Waals surface area contributed by atoms with Gasteiger partial charge in [-0.25, -0.2) is 4.79 Å². The molecule has 0 aliphatic carbocycles. The van der Waals surface area contributed by atoms with Crippen LogP contribution >= 0.6 is 0 Å². The van der Waals surface area contributed by atoms with Crippen molar-refractivity contribution >= 4 is 28.9 Å². The Labute approximate surface area is 160 Å². The fraction of sp³-hybridized carbons (Fsp3) is 0.263. The summed E-state index contributed by atoms with van der Waals surface area (Å²) in [6, 6.07) is 11.9. The van der Waals surface area contributed by atoms with E-state index in [1.807, 2.05) is 6.07 Å². The van der Waals surface area contributed by atoms with E-state index in [2.05, 4.69) is 5.32 Å². The van der Waals surface area contributed by atoms with Gasteiger partial charge in [0.2, 0.25) is 0 Å². The van der Waals surface area contributed by atoms with E-state index in [0.29, 0.717) is 5.69 Å². The Hall–Kier alpha value is -3.46. The second-order valence-corrected chi connectivity index (χ2v) is 6.39. The number of likely N-dealkylation sites (tertiary alicyclic amines) is 1. The first-order valence-electron chi connectivity index (χ1n) is 8.57. The number of carboxylic acid groups (broad SMARTS) is 1. The molecule has 3 rings (SSSR count). The standard InChI is InChI=1S/C19H19N3O6/c1-28-14-10-17(19(24)25)21(11-14)18(23)12-7-8-15(16(9-12)22(26)27)20-13-5-3-2-4-6-13/h2-9,14,17,20H,10-11H2,1H3,(H,24,25). The maximum atomic E-state index is 12.8. The highest BCUT2D eigenvalue weighted by atomic mass is 16.6. The van der Waals surface area contributed by atoms with E-state index >= 15 is 0 Å². The van der Waals surface area contributed by atoms with E-state index in [9.17, 15) is 24.8 Å². The van der Waals surface area contributed by atoms with Gasteiger partial charge in [-0.05, 0) is 24.3 Å². The Morgan fingerprint density at radius 1 is 1.25 bits per heavy atom. The number of ether oxygens (including phenoxy) is 1. The summed E-state index contributed by atoms with van der Waals surface area (Å²) in [5.74, 6) is -1.72. The number of hydrogen-bond donors (Lipinski definition) is 2. The Morgan fingerprint density at radius 2 is 1.96 bits per heavy atom. The second kappa shape index (κ2) is 8.05. The lowest BCUT2D eigenvalue weighted by molar-refractivity contribution is -0.383. The summed E-state index contributed by atoms with van der Waals surface area (Å²) in [4.78, 5) is 36.4. The number of amides is 1. The Kier molecular flexibility index (Phi) is 5.55. The van der Waals surface area contributed by atoms with Crippen molar-refractivity contribution in [2.24, 2.45) is 0 Å². The van der Waals surface area contributed by atoms with Crippen molar-refractivity contribution in [2.75, 3.05) is 19.0 Å².